The molecule has 0 aliphatic carbocycles. The Hall–Kier alpha value is -6.81. The average molecular weight is 1010 g/mol. The van der Waals surface area contributed by atoms with Gasteiger partial charge < -0.3 is 58.6 Å². The van der Waals surface area contributed by atoms with Gasteiger partial charge in [0.25, 0.3) is 0 Å². The first-order valence-electron chi connectivity index (χ1n) is 23.6. The number of nitrogens with two attached hydrogens (primary N) is 2. The van der Waals surface area contributed by atoms with Crippen LogP contribution in [0.5, 0.6) is 5.75 Å². The van der Waals surface area contributed by atoms with Crippen LogP contribution in [0, 0.1) is 17.8 Å². The van der Waals surface area contributed by atoms with E-state index in [1.54, 1.807) is 63.2 Å². The lowest BCUT2D eigenvalue weighted by atomic mass is 9.97. The van der Waals surface area contributed by atoms with Gasteiger partial charge in [-0.1, -0.05) is 102 Å². The molecule has 1 aromatic heterocycles. The molecule has 0 saturated carbocycles. The van der Waals surface area contributed by atoms with Crippen LogP contribution < -0.4 is 43.4 Å². The Balaban J connectivity index is 1.88. The summed E-state index contributed by atoms with van der Waals surface area (Å²) in [6.45, 7) is 10.6. The van der Waals surface area contributed by atoms with E-state index in [1.165, 1.54) is 24.7 Å². The number of carbonyl (C=O) groups excluding carboxylic acids is 8. The third-order valence-electron chi connectivity index (χ3n) is 11.5. The molecular weight excluding hydrogens is 937 g/mol. The number of benzene rings is 2. The van der Waals surface area contributed by atoms with Gasteiger partial charge in [-0.25, -0.2) is 4.98 Å². The molecule has 0 radical (unpaired) electrons. The zero-order chi connectivity index (χ0) is 52.8. The smallest absolute Gasteiger partial charge is 0.304 e. The number of rotatable bonds is 30. The number of nitrogens with one attached hydrogen (secondary N) is 7. The molecule has 0 unspecified atom stereocenters. The SMILES string of the molecule is CC[C@H](C)[C@H](NC(=O)[C@H](CC(C)C)NC(=O)[C@H](Cc1ccccc1)NC(=O)[C@@H](NC(=O)[C@H](Cc1cnc[nH]1)NC(=O)[C@H](CCC(N)=O)NC(=O)[C@@H](N)Cc1ccc(O)cc1)C(C)C)C(=O)SCCC(=O)O. The Labute approximate surface area is 418 Å². The molecule has 7 amide bonds. The largest absolute Gasteiger partial charge is 0.508 e. The quantitative estimate of drug-likeness (QED) is 0.0446. The van der Waals surface area contributed by atoms with Crippen molar-refractivity contribution in [1.82, 2.24) is 41.9 Å². The minimum absolute atomic E-state index is 0.0139. The van der Waals surface area contributed by atoms with Gasteiger partial charge in [-0.15, -0.1) is 0 Å². The number of hydrogen-bond donors (Lipinski definition) is 11. The summed E-state index contributed by atoms with van der Waals surface area (Å²) in [5.41, 5.74) is 13.3. The second-order valence-electron chi connectivity index (χ2n) is 18.2. The molecule has 0 saturated heterocycles. The van der Waals surface area contributed by atoms with Crippen molar-refractivity contribution in [1.29, 1.82) is 0 Å². The Morgan fingerprint density at radius 2 is 1.21 bits per heavy atom. The third kappa shape index (κ3) is 20.6. The molecule has 388 valence electrons. The number of carbonyl (C=O) groups is 9. The minimum Gasteiger partial charge on any atom is -0.508 e. The predicted molar refractivity (Wildman–Crippen MR) is 266 cm³/mol. The van der Waals surface area contributed by atoms with Crippen molar-refractivity contribution in [3.8, 4) is 5.75 Å². The van der Waals surface area contributed by atoms with E-state index in [1.807, 2.05) is 20.8 Å². The van der Waals surface area contributed by atoms with Gasteiger partial charge >= 0.3 is 5.97 Å². The molecular formula is C49H70N10O11S. The van der Waals surface area contributed by atoms with Crippen LogP contribution in [0.1, 0.15) is 90.5 Å². The maximum atomic E-state index is 14.4. The number of aromatic amines is 1. The topological polar surface area (TPSA) is 347 Å². The summed E-state index contributed by atoms with van der Waals surface area (Å²) in [6, 6.07) is 6.17. The third-order valence-corrected chi connectivity index (χ3v) is 12.4. The molecule has 0 aliphatic rings. The van der Waals surface area contributed by atoms with E-state index >= 15 is 0 Å². The number of H-pyrrole nitrogens is 1. The molecule has 2 aromatic carbocycles. The summed E-state index contributed by atoms with van der Waals surface area (Å²) >= 11 is 0.808. The van der Waals surface area contributed by atoms with E-state index in [0.29, 0.717) is 23.2 Å². The molecule has 0 fully saturated rings. The average Bonchev–Trinajstić information content (AvgIpc) is 3.83. The molecule has 71 heavy (non-hydrogen) atoms. The van der Waals surface area contributed by atoms with E-state index in [-0.39, 0.29) is 68.3 Å². The van der Waals surface area contributed by atoms with Gasteiger partial charge in [0.05, 0.1) is 18.8 Å². The fourth-order valence-electron chi connectivity index (χ4n) is 7.25. The molecule has 3 rings (SSSR count). The van der Waals surface area contributed by atoms with Crippen molar-refractivity contribution in [3.63, 3.8) is 0 Å². The molecule has 13 N–H and O–H groups in total. The Morgan fingerprint density at radius 3 is 1.79 bits per heavy atom. The molecule has 21 nitrogen and oxygen atoms in total. The number of hydrogen-bond acceptors (Lipinski definition) is 13. The molecule has 3 aromatic rings. The number of phenols is 1. The van der Waals surface area contributed by atoms with Crippen molar-refractivity contribution >= 4 is 64.2 Å². The van der Waals surface area contributed by atoms with Crippen LogP contribution in [-0.2, 0) is 62.4 Å². The first-order chi connectivity index (χ1) is 33.6. The van der Waals surface area contributed by atoms with E-state index in [0.717, 1.165) is 11.8 Å². The van der Waals surface area contributed by atoms with Gasteiger partial charge in [0.1, 0.15) is 42.0 Å². The highest BCUT2D eigenvalue weighted by Gasteiger charge is 2.36. The molecule has 8 atom stereocenters. The standard InChI is InChI=1S/C49H70N10O11S/c1-7-29(6)42(49(70)71-20-19-40(62)63)59-46(67)36(21-27(2)3)55-45(66)37(23-30-11-9-8-10-12-30)57-48(69)41(28(4)5)58-47(68)38(24-32-25-52-26-53-32)56-44(65)35(17-18-39(51)61)54-43(64)34(50)22-31-13-15-33(60)16-14-31/h8-16,25-29,34-38,41-42,60H,7,17-24,50H2,1-6H3,(H2,51,61)(H,52,53)(H,54,64)(H,55,66)(H,56,65)(H,57,69)(H,58,68)(H,59,67)(H,62,63)/t29-,34-,35-,36-,37-,38-,41-,42-/m0/s1. The van der Waals surface area contributed by atoms with Crippen LogP contribution in [-0.4, -0.2) is 121 Å². The van der Waals surface area contributed by atoms with Crippen molar-refractivity contribution in [2.75, 3.05) is 5.75 Å². The fraction of sp³-hybridized carbons (Fsp3) is 0.510. The molecule has 1 heterocycles. The number of aromatic nitrogens is 2. The van der Waals surface area contributed by atoms with Crippen molar-refractivity contribution < 1.29 is 53.4 Å². The van der Waals surface area contributed by atoms with Crippen LogP contribution >= 0.6 is 11.8 Å². The van der Waals surface area contributed by atoms with Gasteiger partial charge in [-0.3, -0.25) is 43.2 Å². The van der Waals surface area contributed by atoms with Gasteiger partial charge in [-0.05, 0) is 60.3 Å². The van der Waals surface area contributed by atoms with Gasteiger partial charge in [0.15, 0.2) is 0 Å². The maximum absolute atomic E-state index is 14.4. The van der Waals surface area contributed by atoms with Crippen LogP contribution in [0.2, 0.25) is 0 Å². The van der Waals surface area contributed by atoms with Crippen LogP contribution in [0.25, 0.3) is 0 Å². The lowest BCUT2D eigenvalue weighted by Gasteiger charge is -2.30. The molecule has 0 aliphatic heterocycles. The highest BCUT2D eigenvalue weighted by molar-refractivity contribution is 8.13. The van der Waals surface area contributed by atoms with E-state index in [4.69, 9.17) is 16.6 Å². The predicted octanol–water partition coefficient (Wildman–Crippen LogP) is 1.13. The van der Waals surface area contributed by atoms with Crippen LogP contribution in [0.3, 0.4) is 0 Å². The second kappa shape index (κ2) is 29.4. The summed E-state index contributed by atoms with van der Waals surface area (Å²) in [7, 11) is 0. The number of aliphatic carboxylic acids is 1. The number of amides is 7. The maximum Gasteiger partial charge on any atom is 0.304 e. The zero-order valence-corrected chi connectivity index (χ0v) is 41.9. The number of phenolic OH excluding ortho intramolecular Hbond substituents is 1. The van der Waals surface area contributed by atoms with Crippen LogP contribution in [0.4, 0.5) is 0 Å². The normalized spacial score (nSPS) is 14.6. The Kier molecular flexibility index (Phi) is 24.2. The highest BCUT2D eigenvalue weighted by Crippen LogP contribution is 2.18. The first kappa shape index (κ1) is 58.5. The monoisotopic (exact) mass is 1010 g/mol. The number of primary amides is 1. The number of thioether (sulfide) groups is 1. The fourth-order valence-corrected chi connectivity index (χ4v) is 8.20. The number of carboxylic acid groups (broad SMARTS) is 1. The lowest BCUT2D eigenvalue weighted by Crippen LogP contribution is -2.61. The van der Waals surface area contributed by atoms with Crippen molar-refractivity contribution in [2.45, 2.75) is 135 Å². The summed E-state index contributed by atoms with van der Waals surface area (Å²) in [6.07, 6.45) is 2.51. The Morgan fingerprint density at radius 1 is 0.662 bits per heavy atom. The number of nitrogens with zero attached hydrogens (tertiary/aromatic N) is 1. The zero-order valence-electron chi connectivity index (χ0n) is 41.1. The van der Waals surface area contributed by atoms with Gasteiger partial charge in [-0.2, -0.15) is 0 Å². The minimum atomic E-state index is -1.39. The molecule has 22 heteroatoms. The first-order valence-corrected chi connectivity index (χ1v) is 24.6. The van der Waals surface area contributed by atoms with E-state index in [2.05, 4.69) is 41.9 Å². The van der Waals surface area contributed by atoms with E-state index in [9.17, 15) is 48.3 Å². The second-order valence-corrected chi connectivity index (χ2v) is 19.3. The molecule has 0 bridgehead atoms. The van der Waals surface area contributed by atoms with Crippen molar-refractivity contribution in [3.05, 3.63) is 83.9 Å². The summed E-state index contributed by atoms with van der Waals surface area (Å²) in [5.74, 6) is -7.38. The number of carboxylic acids is 1. The lowest BCUT2D eigenvalue weighted by molar-refractivity contribution is -0.136. The van der Waals surface area contributed by atoms with Crippen molar-refractivity contribution in [2.24, 2.45) is 29.2 Å². The summed E-state index contributed by atoms with van der Waals surface area (Å²) in [4.78, 5) is 127. The number of aromatic hydroxyl groups is 1. The van der Waals surface area contributed by atoms with E-state index < -0.39 is 101 Å². The van der Waals surface area contributed by atoms with Gasteiger partial charge in [0.2, 0.25) is 46.5 Å². The van der Waals surface area contributed by atoms with Gasteiger partial charge in [0, 0.05) is 36.9 Å². The summed E-state index contributed by atoms with van der Waals surface area (Å²) in [5, 5.41) is 34.5. The number of imidazole rings is 1. The summed E-state index contributed by atoms with van der Waals surface area (Å²) < 4.78 is 0. The van der Waals surface area contributed by atoms with Crippen LogP contribution in [0.15, 0.2) is 67.1 Å². The Bertz CT molecular complexity index is 2250. The highest BCUT2D eigenvalue weighted by atomic mass is 32.2. The molecule has 0 spiro atoms.